The van der Waals surface area contributed by atoms with E-state index in [1.165, 1.54) is 93.3 Å². The lowest BCUT2D eigenvalue weighted by molar-refractivity contribution is -0.0399. The minimum atomic E-state index is 0.0767. The van der Waals surface area contributed by atoms with E-state index in [9.17, 15) is 0 Å². The summed E-state index contributed by atoms with van der Waals surface area (Å²) in [6.07, 6.45) is 7.18. The highest BCUT2D eigenvalue weighted by atomic mass is 14.6. The van der Waals surface area contributed by atoms with Gasteiger partial charge in [0.2, 0.25) is 0 Å². The normalized spacial score (nSPS) is 23.8. The van der Waals surface area contributed by atoms with Crippen molar-refractivity contribution in [2.75, 3.05) is 0 Å². The summed E-state index contributed by atoms with van der Waals surface area (Å²) >= 11 is 0. The lowest BCUT2D eigenvalue weighted by Gasteiger charge is -2.61. The summed E-state index contributed by atoms with van der Waals surface area (Å²) in [4.78, 5) is 0. The van der Waals surface area contributed by atoms with Crippen molar-refractivity contribution >= 4 is 0 Å². The van der Waals surface area contributed by atoms with E-state index in [4.69, 9.17) is 0 Å². The smallest absolute Gasteiger partial charge is 0.0346 e. The molecule has 4 saturated carbocycles. The number of benzene rings is 7. The fourth-order valence-corrected chi connectivity index (χ4v) is 11.9. The molecule has 1 unspecified atom stereocenters. The van der Waals surface area contributed by atoms with Gasteiger partial charge in [0, 0.05) is 11.3 Å². The van der Waals surface area contributed by atoms with Crippen molar-refractivity contribution in [3.8, 4) is 44.5 Å². The number of rotatable bonds is 6. The van der Waals surface area contributed by atoms with Crippen molar-refractivity contribution in [1.82, 2.24) is 0 Å². The van der Waals surface area contributed by atoms with Gasteiger partial charge < -0.3 is 0 Å². The predicted molar refractivity (Wildman–Crippen MR) is 220 cm³/mol. The molecule has 4 bridgehead atoms. The van der Waals surface area contributed by atoms with Gasteiger partial charge in [0.25, 0.3) is 0 Å². The molecule has 5 aliphatic rings. The van der Waals surface area contributed by atoms with E-state index in [-0.39, 0.29) is 11.3 Å². The molecule has 0 heteroatoms. The van der Waals surface area contributed by atoms with Gasteiger partial charge in [0.1, 0.15) is 0 Å². The molecule has 1 spiro atoms. The third kappa shape index (κ3) is 4.88. The van der Waals surface area contributed by atoms with Gasteiger partial charge in [-0.25, -0.2) is 0 Å². The Hall–Kier alpha value is -5.46. The molecule has 4 fully saturated rings. The van der Waals surface area contributed by atoms with Gasteiger partial charge in [0.05, 0.1) is 0 Å². The van der Waals surface area contributed by atoms with Crippen LogP contribution in [0.3, 0.4) is 0 Å². The minimum absolute atomic E-state index is 0.0767. The monoisotopic (exact) mass is 680 g/mol. The molecule has 0 amide bonds. The second-order valence-electron chi connectivity index (χ2n) is 16.5. The summed E-state index contributed by atoms with van der Waals surface area (Å²) in [7, 11) is 0. The Morgan fingerprint density at radius 2 is 0.906 bits per heavy atom. The third-order valence-corrected chi connectivity index (χ3v) is 13.8. The zero-order valence-corrected chi connectivity index (χ0v) is 30.2. The maximum atomic E-state index is 2.55. The summed E-state index contributed by atoms with van der Waals surface area (Å²) in [5.41, 5.74) is 18.0. The largest absolute Gasteiger partial charge is 0.0622 e. The van der Waals surface area contributed by atoms with Crippen LogP contribution in [0.4, 0.5) is 0 Å². The van der Waals surface area contributed by atoms with Crippen molar-refractivity contribution in [2.45, 2.75) is 43.4 Å². The van der Waals surface area contributed by atoms with Crippen LogP contribution in [0.1, 0.15) is 65.8 Å². The van der Waals surface area contributed by atoms with Crippen LogP contribution in [-0.4, -0.2) is 0 Å². The van der Waals surface area contributed by atoms with E-state index in [1.54, 1.807) is 11.1 Å². The fraction of sp³-hybridized carbons (Fsp3) is 0.208. The van der Waals surface area contributed by atoms with Crippen LogP contribution < -0.4 is 0 Å². The lowest BCUT2D eigenvalue weighted by atomic mass is 9.43. The zero-order valence-electron chi connectivity index (χ0n) is 30.2. The molecular weight excluding hydrogens is 637 g/mol. The molecule has 12 rings (SSSR count). The van der Waals surface area contributed by atoms with Gasteiger partial charge in [-0.3, -0.25) is 0 Å². The first-order valence-electron chi connectivity index (χ1n) is 19.9. The van der Waals surface area contributed by atoms with Crippen LogP contribution in [0.25, 0.3) is 44.5 Å². The molecule has 0 nitrogen and oxygen atoms in total. The summed E-state index contributed by atoms with van der Waals surface area (Å²) in [6, 6.07) is 66.3. The number of hydrogen-bond acceptors (Lipinski definition) is 0. The van der Waals surface area contributed by atoms with Gasteiger partial charge in [-0.1, -0.05) is 170 Å². The molecule has 0 aliphatic heterocycles. The second-order valence-corrected chi connectivity index (χ2v) is 16.5. The van der Waals surface area contributed by atoms with E-state index in [1.807, 2.05) is 0 Å². The molecule has 1 atom stereocenters. The standard InChI is InChI=1S/C53H44/c1-3-12-37(13-4-1)41-16-11-17-43(33-41)52(48-20-8-7-18-46(48)39-14-5-2-6-15-39)40-24-22-38(23-25-40)42-26-27-51-49(34-42)47-19-9-10-21-50(47)53(51)44-29-35-28-36(31-44)32-45(53)30-35/h1-27,33-36,44-45,52H,28-32H2. The van der Waals surface area contributed by atoms with Gasteiger partial charge in [-0.15, -0.1) is 0 Å². The number of hydrogen-bond donors (Lipinski definition) is 0. The van der Waals surface area contributed by atoms with Crippen molar-refractivity contribution in [2.24, 2.45) is 23.7 Å². The molecule has 0 aromatic heterocycles. The molecule has 0 N–H and O–H groups in total. The van der Waals surface area contributed by atoms with E-state index in [0.29, 0.717) is 0 Å². The van der Waals surface area contributed by atoms with Gasteiger partial charge in [0.15, 0.2) is 0 Å². The van der Waals surface area contributed by atoms with E-state index in [0.717, 1.165) is 23.7 Å². The van der Waals surface area contributed by atoms with Crippen molar-refractivity contribution in [1.29, 1.82) is 0 Å². The second kappa shape index (κ2) is 12.3. The van der Waals surface area contributed by atoms with Crippen molar-refractivity contribution in [3.63, 3.8) is 0 Å². The van der Waals surface area contributed by atoms with E-state index < -0.39 is 0 Å². The summed E-state index contributed by atoms with van der Waals surface area (Å²) in [5, 5.41) is 0. The molecule has 7 aromatic carbocycles. The number of fused-ring (bicyclic) bond motifs is 3. The van der Waals surface area contributed by atoms with Crippen LogP contribution >= 0.6 is 0 Å². The Morgan fingerprint density at radius 3 is 1.64 bits per heavy atom. The topological polar surface area (TPSA) is 0 Å². The Balaban J connectivity index is 1.01. The molecule has 53 heavy (non-hydrogen) atoms. The molecule has 256 valence electrons. The van der Waals surface area contributed by atoms with Crippen LogP contribution in [0, 0.1) is 23.7 Å². The highest BCUT2D eigenvalue weighted by Gasteiger charge is 2.61. The molecular formula is C53H44. The molecule has 0 saturated heterocycles. The quantitative estimate of drug-likeness (QED) is 0.153. The highest BCUT2D eigenvalue weighted by molar-refractivity contribution is 5.85. The fourth-order valence-electron chi connectivity index (χ4n) is 11.9. The van der Waals surface area contributed by atoms with Gasteiger partial charge in [-0.05, 0) is 134 Å². The highest BCUT2D eigenvalue weighted by Crippen LogP contribution is 2.69. The van der Waals surface area contributed by atoms with Crippen LogP contribution in [0.2, 0.25) is 0 Å². The van der Waals surface area contributed by atoms with E-state index >= 15 is 0 Å². The Labute approximate surface area is 314 Å². The average Bonchev–Trinajstić information content (AvgIpc) is 3.51. The molecule has 7 aromatic rings. The summed E-state index contributed by atoms with van der Waals surface area (Å²) in [5.74, 6) is 3.58. The molecule has 0 heterocycles. The zero-order chi connectivity index (χ0) is 34.9. The first-order valence-corrected chi connectivity index (χ1v) is 19.9. The SMILES string of the molecule is c1ccc(-c2cccc(C(c3ccc(-c4ccc5c(c4)-c4ccccc4C54C5CC6CC(C5)CC4C6)cc3)c3ccccc3-c3ccccc3)c2)cc1. The van der Waals surface area contributed by atoms with E-state index in [2.05, 4.69) is 176 Å². The van der Waals surface area contributed by atoms with Crippen LogP contribution in [-0.2, 0) is 5.41 Å². The summed E-state index contributed by atoms with van der Waals surface area (Å²) < 4.78 is 0. The predicted octanol–water partition coefficient (Wildman–Crippen LogP) is 13.6. The third-order valence-electron chi connectivity index (χ3n) is 13.8. The Kier molecular flexibility index (Phi) is 7.22. The Bertz CT molecular complexity index is 2420. The van der Waals surface area contributed by atoms with Gasteiger partial charge >= 0.3 is 0 Å². The van der Waals surface area contributed by atoms with Crippen molar-refractivity contribution in [3.05, 3.63) is 204 Å². The maximum Gasteiger partial charge on any atom is 0.0346 e. The molecule has 5 aliphatic carbocycles. The first-order chi connectivity index (χ1) is 26.2. The van der Waals surface area contributed by atoms with Crippen LogP contribution in [0.5, 0.6) is 0 Å². The average molecular weight is 681 g/mol. The summed E-state index contributed by atoms with van der Waals surface area (Å²) in [6.45, 7) is 0. The van der Waals surface area contributed by atoms with Crippen molar-refractivity contribution < 1.29 is 0 Å². The Morgan fingerprint density at radius 1 is 0.358 bits per heavy atom. The maximum absolute atomic E-state index is 2.55. The van der Waals surface area contributed by atoms with Gasteiger partial charge in [-0.2, -0.15) is 0 Å². The molecule has 0 radical (unpaired) electrons. The lowest BCUT2D eigenvalue weighted by Crippen LogP contribution is -2.55. The van der Waals surface area contributed by atoms with Crippen LogP contribution in [0.15, 0.2) is 176 Å². The minimum Gasteiger partial charge on any atom is -0.0622 e. The first kappa shape index (κ1) is 31.1.